The molecule has 0 spiro atoms. The van der Waals surface area contributed by atoms with Crippen molar-refractivity contribution in [2.45, 2.75) is 32.2 Å². The van der Waals surface area contributed by atoms with E-state index in [-0.39, 0.29) is 5.54 Å². The van der Waals surface area contributed by atoms with Crippen molar-refractivity contribution in [2.75, 3.05) is 0 Å². The predicted octanol–water partition coefficient (Wildman–Crippen LogP) is 0.789. The van der Waals surface area contributed by atoms with Crippen LogP contribution < -0.4 is 5.73 Å². The van der Waals surface area contributed by atoms with E-state index in [1.165, 1.54) is 0 Å². The Kier molecular flexibility index (Phi) is 2.47. The highest BCUT2D eigenvalue weighted by atomic mass is 15.3. The van der Waals surface area contributed by atoms with E-state index < -0.39 is 0 Å². The van der Waals surface area contributed by atoms with E-state index in [0.29, 0.717) is 0 Å². The Morgan fingerprint density at radius 1 is 1.50 bits per heavy atom. The maximum Gasteiger partial charge on any atom is 0.152 e. The molecule has 1 aromatic heterocycles. The molecule has 0 radical (unpaired) electrons. The van der Waals surface area contributed by atoms with Crippen molar-refractivity contribution >= 4 is 0 Å². The second-order valence-corrected chi connectivity index (χ2v) is 3.13. The third kappa shape index (κ3) is 1.34. The minimum absolute atomic E-state index is 0.314. The predicted molar refractivity (Wildman–Crippen MR) is 47.5 cm³/mol. The molecule has 1 rings (SSSR count). The third-order valence-electron chi connectivity index (χ3n) is 2.42. The van der Waals surface area contributed by atoms with Crippen molar-refractivity contribution in [3.05, 3.63) is 12.2 Å². The molecule has 4 nitrogen and oxygen atoms in total. The van der Waals surface area contributed by atoms with Crippen LogP contribution in [0.5, 0.6) is 0 Å². The van der Waals surface area contributed by atoms with Crippen LogP contribution in [-0.4, -0.2) is 14.8 Å². The fourth-order valence-electron chi connectivity index (χ4n) is 1.30. The second-order valence-electron chi connectivity index (χ2n) is 3.13. The van der Waals surface area contributed by atoms with Crippen LogP contribution >= 0.6 is 0 Å². The van der Waals surface area contributed by atoms with Crippen LogP contribution in [0.2, 0.25) is 0 Å². The van der Waals surface area contributed by atoms with Gasteiger partial charge in [0.05, 0.1) is 5.54 Å². The lowest BCUT2D eigenvalue weighted by Crippen LogP contribution is -2.37. The number of nitrogens with zero attached hydrogens (tertiary/aromatic N) is 3. The maximum atomic E-state index is 6.14. The van der Waals surface area contributed by atoms with Gasteiger partial charge in [-0.25, -0.2) is 0 Å². The number of hydrogen-bond donors (Lipinski definition) is 1. The van der Waals surface area contributed by atoms with Crippen molar-refractivity contribution in [3.8, 4) is 0 Å². The Bertz CT molecular complexity index is 249. The van der Waals surface area contributed by atoms with E-state index in [1.807, 2.05) is 11.6 Å². The van der Waals surface area contributed by atoms with E-state index in [9.17, 15) is 0 Å². The van der Waals surface area contributed by atoms with Crippen molar-refractivity contribution in [1.29, 1.82) is 0 Å². The zero-order valence-corrected chi connectivity index (χ0v) is 7.91. The summed E-state index contributed by atoms with van der Waals surface area (Å²) in [7, 11) is 1.92. The van der Waals surface area contributed by atoms with Gasteiger partial charge in [-0.2, -0.15) is 0 Å². The van der Waals surface area contributed by atoms with Gasteiger partial charge in [-0.1, -0.05) is 13.8 Å². The molecule has 0 aliphatic carbocycles. The first-order valence-electron chi connectivity index (χ1n) is 4.27. The number of hydrogen-bond acceptors (Lipinski definition) is 3. The average molecular weight is 168 g/mol. The highest BCUT2D eigenvalue weighted by Gasteiger charge is 2.27. The molecular weight excluding hydrogens is 152 g/mol. The summed E-state index contributed by atoms with van der Waals surface area (Å²) in [6.45, 7) is 4.14. The minimum atomic E-state index is -0.314. The molecule has 0 aliphatic rings. The molecule has 0 aliphatic heterocycles. The molecule has 0 unspecified atom stereocenters. The summed E-state index contributed by atoms with van der Waals surface area (Å²) in [5.41, 5.74) is 5.83. The van der Waals surface area contributed by atoms with Crippen LogP contribution in [0.15, 0.2) is 6.33 Å². The summed E-state index contributed by atoms with van der Waals surface area (Å²) in [6, 6.07) is 0. The van der Waals surface area contributed by atoms with Crippen LogP contribution in [0.25, 0.3) is 0 Å². The summed E-state index contributed by atoms with van der Waals surface area (Å²) >= 11 is 0. The van der Waals surface area contributed by atoms with Crippen molar-refractivity contribution in [1.82, 2.24) is 14.8 Å². The Labute approximate surface area is 72.8 Å². The highest BCUT2D eigenvalue weighted by Crippen LogP contribution is 2.22. The molecule has 68 valence electrons. The molecule has 4 heteroatoms. The number of nitrogens with two attached hydrogens (primary N) is 1. The molecular formula is C8H16N4. The first-order chi connectivity index (χ1) is 5.64. The monoisotopic (exact) mass is 168 g/mol. The van der Waals surface area contributed by atoms with E-state index >= 15 is 0 Å². The van der Waals surface area contributed by atoms with Crippen LogP contribution in [0.1, 0.15) is 32.5 Å². The Hall–Kier alpha value is -0.900. The Morgan fingerprint density at radius 2 is 2.08 bits per heavy atom. The molecule has 0 amide bonds. The Balaban J connectivity index is 3.02. The lowest BCUT2D eigenvalue weighted by atomic mass is 9.93. The lowest BCUT2D eigenvalue weighted by molar-refractivity contribution is 0.375. The van der Waals surface area contributed by atoms with Gasteiger partial charge in [0.15, 0.2) is 5.82 Å². The smallest absolute Gasteiger partial charge is 0.152 e. The fourth-order valence-corrected chi connectivity index (χ4v) is 1.30. The molecule has 0 bridgehead atoms. The third-order valence-corrected chi connectivity index (χ3v) is 2.42. The molecule has 1 heterocycles. The Morgan fingerprint density at radius 3 is 2.42 bits per heavy atom. The minimum Gasteiger partial charge on any atom is -0.319 e. The van der Waals surface area contributed by atoms with Crippen molar-refractivity contribution < 1.29 is 0 Å². The highest BCUT2D eigenvalue weighted by molar-refractivity contribution is 5.03. The number of rotatable bonds is 3. The van der Waals surface area contributed by atoms with E-state index in [4.69, 9.17) is 5.73 Å². The normalized spacial score (nSPS) is 12.0. The quantitative estimate of drug-likeness (QED) is 0.726. The van der Waals surface area contributed by atoms with Crippen LogP contribution in [0.4, 0.5) is 0 Å². The summed E-state index contributed by atoms with van der Waals surface area (Å²) in [5, 5.41) is 7.83. The first kappa shape index (κ1) is 9.19. The maximum absolute atomic E-state index is 6.14. The molecule has 2 N–H and O–H groups in total. The molecule has 1 aromatic rings. The topological polar surface area (TPSA) is 56.7 Å². The van der Waals surface area contributed by atoms with Crippen LogP contribution in [0.3, 0.4) is 0 Å². The molecule has 0 fully saturated rings. The SMILES string of the molecule is CCC(N)(CC)c1nncn1C. The molecule has 0 saturated carbocycles. The van der Waals surface area contributed by atoms with Crippen LogP contribution in [0, 0.1) is 0 Å². The summed E-state index contributed by atoms with van der Waals surface area (Å²) in [6.07, 6.45) is 3.45. The number of aryl methyl sites for hydroxylation is 1. The second kappa shape index (κ2) is 3.23. The van der Waals surface area contributed by atoms with Gasteiger partial charge in [0.2, 0.25) is 0 Å². The standard InChI is InChI=1S/C8H16N4/c1-4-8(9,5-2)7-11-10-6-12(7)3/h6H,4-5,9H2,1-3H3. The van der Waals surface area contributed by atoms with Gasteiger partial charge in [0.25, 0.3) is 0 Å². The van der Waals surface area contributed by atoms with Crippen LogP contribution in [-0.2, 0) is 12.6 Å². The van der Waals surface area contributed by atoms with Gasteiger partial charge in [-0.3, -0.25) is 0 Å². The van der Waals surface area contributed by atoms with E-state index in [2.05, 4.69) is 24.0 Å². The summed E-state index contributed by atoms with van der Waals surface area (Å²) < 4.78 is 1.88. The summed E-state index contributed by atoms with van der Waals surface area (Å²) in [4.78, 5) is 0. The van der Waals surface area contributed by atoms with Crippen molar-refractivity contribution in [3.63, 3.8) is 0 Å². The molecule has 0 atom stereocenters. The fraction of sp³-hybridized carbons (Fsp3) is 0.750. The van der Waals surface area contributed by atoms with Gasteiger partial charge in [0, 0.05) is 7.05 Å². The first-order valence-corrected chi connectivity index (χ1v) is 4.27. The van der Waals surface area contributed by atoms with E-state index in [0.717, 1.165) is 18.7 Å². The lowest BCUT2D eigenvalue weighted by Gasteiger charge is -2.24. The zero-order valence-electron chi connectivity index (χ0n) is 7.91. The van der Waals surface area contributed by atoms with E-state index in [1.54, 1.807) is 6.33 Å². The molecule has 12 heavy (non-hydrogen) atoms. The largest absolute Gasteiger partial charge is 0.319 e. The van der Waals surface area contributed by atoms with Gasteiger partial charge < -0.3 is 10.3 Å². The number of aromatic nitrogens is 3. The van der Waals surface area contributed by atoms with Gasteiger partial charge in [0.1, 0.15) is 6.33 Å². The average Bonchev–Trinajstić information content (AvgIpc) is 2.51. The van der Waals surface area contributed by atoms with Gasteiger partial charge >= 0.3 is 0 Å². The van der Waals surface area contributed by atoms with Crippen molar-refractivity contribution in [2.24, 2.45) is 12.8 Å². The van der Waals surface area contributed by atoms with Gasteiger partial charge in [-0.15, -0.1) is 10.2 Å². The molecule has 0 saturated heterocycles. The van der Waals surface area contributed by atoms with Gasteiger partial charge in [-0.05, 0) is 12.8 Å². The molecule has 0 aromatic carbocycles. The summed E-state index contributed by atoms with van der Waals surface area (Å²) in [5.74, 6) is 0.868. The zero-order chi connectivity index (χ0) is 9.19.